The number of benzene rings is 2. The number of rotatable bonds is 5. The van der Waals surface area contributed by atoms with Gasteiger partial charge in [0.1, 0.15) is 11.6 Å². The largest absolute Gasteiger partial charge is 0.493 e. The molecule has 0 aromatic heterocycles. The third-order valence-corrected chi connectivity index (χ3v) is 5.83. The number of anilines is 1. The number of fused-ring (bicyclic) bond motifs is 1. The van der Waals surface area contributed by atoms with Gasteiger partial charge in [0.15, 0.2) is 0 Å². The van der Waals surface area contributed by atoms with Gasteiger partial charge in [-0.15, -0.1) is 0 Å². The Morgan fingerprint density at radius 1 is 1.08 bits per heavy atom. The van der Waals surface area contributed by atoms with Crippen LogP contribution in [0.15, 0.2) is 48.5 Å². The van der Waals surface area contributed by atoms with Crippen LogP contribution in [0.4, 0.5) is 10.1 Å². The highest BCUT2D eigenvalue weighted by Crippen LogP contribution is 2.34. The van der Waals surface area contributed by atoms with E-state index in [4.69, 9.17) is 4.74 Å². The van der Waals surface area contributed by atoms with Gasteiger partial charge < -0.3 is 14.5 Å². The quantitative estimate of drug-likeness (QED) is 0.808. The van der Waals surface area contributed by atoms with Crippen LogP contribution in [0.5, 0.6) is 5.75 Å². The predicted molar refractivity (Wildman–Crippen MR) is 103 cm³/mol. The van der Waals surface area contributed by atoms with Gasteiger partial charge in [0.05, 0.1) is 6.61 Å². The molecule has 2 aliphatic heterocycles. The molecule has 4 heteroatoms. The minimum Gasteiger partial charge on any atom is -0.493 e. The highest BCUT2D eigenvalue weighted by Gasteiger charge is 2.36. The van der Waals surface area contributed by atoms with Crippen molar-refractivity contribution in [3.63, 3.8) is 0 Å². The van der Waals surface area contributed by atoms with Crippen LogP contribution in [-0.2, 0) is 6.42 Å². The van der Waals surface area contributed by atoms with E-state index in [0.717, 1.165) is 38.3 Å². The summed E-state index contributed by atoms with van der Waals surface area (Å²) in [5, 5.41) is 0. The first-order valence-electron chi connectivity index (χ1n) is 9.70. The Kier molecular flexibility index (Phi) is 5.11. The normalized spacial score (nSPS) is 23.1. The fourth-order valence-electron chi connectivity index (χ4n) is 4.40. The van der Waals surface area contributed by atoms with Gasteiger partial charge in [0.25, 0.3) is 0 Å². The summed E-state index contributed by atoms with van der Waals surface area (Å²) in [4.78, 5) is 5.11. The lowest BCUT2D eigenvalue weighted by Crippen LogP contribution is -2.52. The first kappa shape index (κ1) is 17.3. The van der Waals surface area contributed by atoms with Gasteiger partial charge >= 0.3 is 0 Å². The van der Waals surface area contributed by atoms with Gasteiger partial charge in [0.2, 0.25) is 0 Å². The molecule has 3 nitrogen and oxygen atoms in total. The average Bonchev–Trinajstić information content (AvgIpc) is 3.11. The number of piperidine rings is 1. The lowest BCUT2D eigenvalue weighted by Gasteiger charge is -2.43. The Morgan fingerprint density at radius 3 is 2.69 bits per heavy atom. The number of ether oxygens (including phenoxy) is 1. The predicted octanol–water partition coefficient (Wildman–Crippen LogP) is 3.98. The molecule has 2 unspecified atom stereocenters. The minimum absolute atomic E-state index is 0.223. The van der Waals surface area contributed by atoms with Crippen molar-refractivity contribution in [2.24, 2.45) is 5.92 Å². The van der Waals surface area contributed by atoms with Gasteiger partial charge in [-0.05, 0) is 55.3 Å². The second-order valence-corrected chi connectivity index (χ2v) is 7.35. The molecule has 138 valence electrons. The highest BCUT2D eigenvalue weighted by atomic mass is 19.1. The molecule has 0 spiro atoms. The number of nitrogens with zero attached hydrogens (tertiary/aromatic N) is 2. The SMILES string of the molecule is CCN1CCC(N2CCc3ccccc32)C(COc2ccc(F)cc2)C1. The van der Waals surface area contributed by atoms with Crippen LogP contribution in [0, 0.1) is 11.7 Å². The number of hydrogen-bond acceptors (Lipinski definition) is 3. The van der Waals surface area contributed by atoms with Crippen LogP contribution in [0.3, 0.4) is 0 Å². The fraction of sp³-hybridized carbons (Fsp3) is 0.455. The second kappa shape index (κ2) is 7.67. The summed E-state index contributed by atoms with van der Waals surface area (Å²) in [6.07, 6.45) is 2.30. The van der Waals surface area contributed by atoms with Crippen molar-refractivity contribution >= 4 is 5.69 Å². The zero-order chi connectivity index (χ0) is 17.9. The van der Waals surface area contributed by atoms with Crippen molar-refractivity contribution in [1.82, 2.24) is 4.90 Å². The van der Waals surface area contributed by atoms with Crippen LogP contribution >= 0.6 is 0 Å². The Labute approximate surface area is 155 Å². The Morgan fingerprint density at radius 2 is 1.88 bits per heavy atom. The molecular formula is C22H27FN2O. The summed E-state index contributed by atoms with van der Waals surface area (Å²) < 4.78 is 19.2. The summed E-state index contributed by atoms with van der Waals surface area (Å²) in [5.41, 5.74) is 2.86. The molecule has 4 rings (SSSR count). The van der Waals surface area contributed by atoms with Crippen LogP contribution in [0.25, 0.3) is 0 Å². The number of para-hydroxylation sites is 1. The lowest BCUT2D eigenvalue weighted by molar-refractivity contribution is 0.114. The van der Waals surface area contributed by atoms with Crippen LogP contribution < -0.4 is 9.64 Å². The minimum atomic E-state index is -0.223. The highest BCUT2D eigenvalue weighted by molar-refractivity contribution is 5.58. The molecule has 1 saturated heterocycles. The van der Waals surface area contributed by atoms with E-state index < -0.39 is 0 Å². The third-order valence-electron chi connectivity index (χ3n) is 5.83. The summed E-state index contributed by atoms with van der Waals surface area (Å²) in [6.45, 7) is 7.28. The van der Waals surface area contributed by atoms with Gasteiger partial charge in [-0.2, -0.15) is 0 Å². The zero-order valence-corrected chi connectivity index (χ0v) is 15.4. The number of hydrogen-bond donors (Lipinski definition) is 0. The first-order chi connectivity index (χ1) is 12.7. The van der Waals surface area contributed by atoms with Crippen molar-refractivity contribution in [2.45, 2.75) is 25.8 Å². The average molecular weight is 354 g/mol. The van der Waals surface area contributed by atoms with Crippen LogP contribution in [0.2, 0.25) is 0 Å². The molecule has 0 aliphatic carbocycles. The maximum absolute atomic E-state index is 13.1. The molecule has 0 bridgehead atoms. The van der Waals surface area contributed by atoms with E-state index >= 15 is 0 Å². The van der Waals surface area contributed by atoms with Crippen molar-refractivity contribution < 1.29 is 9.13 Å². The molecule has 2 atom stereocenters. The van der Waals surface area contributed by atoms with Crippen LogP contribution in [-0.4, -0.2) is 43.7 Å². The molecule has 0 amide bonds. The molecule has 0 saturated carbocycles. The van der Waals surface area contributed by atoms with E-state index in [0.29, 0.717) is 18.6 Å². The van der Waals surface area contributed by atoms with Crippen molar-refractivity contribution in [1.29, 1.82) is 0 Å². The maximum Gasteiger partial charge on any atom is 0.123 e. The molecule has 2 aromatic rings. The maximum atomic E-state index is 13.1. The molecule has 1 fully saturated rings. The summed E-state index contributed by atoms with van der Waals surface area (Å²) in [7, 11) is 0. The molecule has 2 heterocycles. The monoisotopic (exact) mass is 354 g/mol. The molecular weight excluding hydrogens is 327 g/mol. The number of likely N-dealkylation sites (tertiary alicyclic amines) is 1. The summed E-state index contributed by atoms with van der Waals surface area (Å²) in [5.74, 6) is 0.972. The Balaban J connectivity index is 1.50. The van der Waals surface area contributed by atoms with E-state index in [-0.39, 0.29) is 5.82 Å². The van der Waals surface area contributed by atoms with Gasteiger partial charge in [-0.3, -0.25) is 0 Å². The molecule has 26 heavy (non-hydrogen) atoms. The lowest BCUT2D eigenvalue weighted by atomic mass is 9.91. The molecule has 2 aromatic carbocycles. The van der Waals surface area contributed by atoms with Crippen molar-refractivity contribution in [2.75, 3.05) is 37.7 Å². The standard InChI is InChI=1S/C22H27FN2O/c1-2-24-13-12-22(25-14-11-17-5-3-4-6-21(17)25)18(15-24)16-26-20-9-7-19(23)8-10-20/h3-10,18,22H,2,11-16H2,1H3. The van der Waals surface area contributed by atoms with E-state index in [1.165, 1.54) is 29.8 Å². The molecule has 0 N–H and O–H groups in total. The second-order valence-electron chi connectivity index (χ2n) is 7.35. The van der Waals surface area contributed by atoms with Crippen LogP contribution in [0.1, 0.15) is 18.9 Å². The van der Waals surface area contributed by atoms with Crippen molar-refractivity contribution in [3.05, 3.63) is 59.9 Å². The Hall–Kier alpha value is -2.07. The zero-order valence-electron chi connectivity index (χ0n) is 15.4. The topological polar surface area (TPSA) is 15.7 Å². The van der Waals surface area contributed by atoms with E-state index in [1.807, 2.05) is 0 Å². The van der Waals surface area contributed by atoms with Gasteiger partial charge in [-0.25, -0.2) is 4.39 Å². The fourth-order valence-corrected chi connectivity index (χ4v) is 4.40. The first-order valence-corrected chi connectivity index (χ1v) is 9.70. The van der Waals surface area contributed by atoms with Gasteiger partial charge in [-0.1, -0.05) is 25.1 Å². The third kappa shape index (κ3) is 3.56. The van der Waals surface area contributed by atoms with Gasteiger partial charge in [0, 0.05) is 37.3 Å². The summed E-state index contributed by atoms with van der Waals surface area (Å²) >= 11 is 0. The van der Waals surface area contributed by atoms with E-state index in [1.54, 1.807) is 12.1 Å². The molecule has 2 aliphatic rings. The summed E-state index contributed by atoms with van der Waals surface area (Å²) in [6, 6.07) is 15.6. The number of halogens is 1. The van der Waals surface area contributed by atoms with E-state index in [9.17, 15) is 4.39 Å². The molecule has 0 radical (unpaired) electrons. The smallest absolute Gasteiger partial charge is 0.123 e. The Bertz CT molecular complexity index is 733. The van der Waals surface area contributed by atoms with E-state index in [2.05, 4.69) is 41.0 Å². The van der Waals surface area contributed by atoms with Crippen molar-refractivity contribution in [3.8, 4) is 5.75 Å².